The van der Waals surface area contributed by atoms with Gasteiger partial charge in [0.15, 0.2) is 12.3 Å². The third-order valence-corrected chi connectivity index (χ3v) is 3.04. The number of nitrogens with zero attached hydrogens (tertiary/aromatic N) is 4. The molecule has 0 aliphatic heterocycles. The van der Waals surface area contributed by atoms with Crippen LogP contribution in [0.2, 0.25) is 0 Å². The molecule has 3 rings (SSSR count). The first-order valence-corrected chi connectivity index (χ1v) is 7.27. The van der Waals surface area contributed by atoms with Crippen LogP contribution in [0.25, 0.3) is 5.95 Å². The zero-order valence-electron chi connectivity index (χ0n) is 13.1. The summed E-state index contributed by atoms with van der Waals surface area (Å²) in [6, 6.07) is 11.0. The summed E-state index contributed by atoms with van der Waals surface area (Å²) in [5.74, 6) is 2.44. The van der Waals surface area contributed by atoms with Gasteiger partial charge in [-0.1, -0.05) is 24.1 Å². The van der Waals surface area contributed by atoms with Crippen LogP contribution in [0, 0.1) is 12.3 Å². The maximum absolute atomic E-state index is 12.9. The standard InChI is InChI=1S/C17H11F3N4O2/c1-2-10-25-15-11-13(17(18,19)20)23-24(15)16-21-9-8-14(22-16)26-12-6-4-3-5-7-12/h1,3-9,11H,10H2. The van der Waals surface area contributed by atoms with Gasteiger partial charge in [0, 0.05) is 18.3 Å². The van der Waals surface area contributed by atoms with Gasteiger partial charge in [0.05, 0.1) is 0 Å². The Labute approximate surface area is 146 Å². The molecule has 0 bridgehead atoms. The third kappa shape index (κ3) is 3.92. The SMILES string of the molecule is C#CCOc1cc(C(F)(F)F)nn1-c1nccc(Oc2ccccc2)n1. The van der Waals surface area contributed by atoms with Crippen LogP contribution < -0.4 is 9.47 Å². The molecule has 0 unspecified atom stereocenters. The molecule has 2 aromatic heterocycles. The van der Waals surface area contributed by atoms with Gasteiger partial charge in [-0.05, 0) is 12.1 Å². The molecule has 9 heteroatoms. The molecule has 0 atom stereocenters. The fraction of sp³-hybridized carbons (Fsp3) is 0.118. The molecule has 0 radical (unpaired) electrons. The molecule has 0 aliphatic rings. The molecule has 1 aromatic carbocycles. The molecule has 0 N–H and O–H groups in total. The summed E-state index contributed by atoms with van der Waals surface area (Å²) >= 11 is 0. The summed E-state index contributed by atoms with van der Waals surface area (Å²) in [7, 11) is 0. The van der Waals surface area contributed by atoms with Gasteiger partial charge < -0.3 is 9.47 Å². The van der Waals surface area contributed by atoms with E-state index in [9.17, 15) is 13.2 Å². The number of para-hydroxylation sites is 1. The Morgan fingerprint density at radius 2 is 1.92 bits per heavy atom. The normalized spacial score (nSPS) is 11.0. The van der Waals surface area contributed by atoms with Crippen molar-refractivity contribution in [2.24, 2.45) is 0 Å². The van der Waals surface area contributed by atoms with Gasteiger partial charge in [-0.25, -0.2) is 4.98 Å². The summed E-state index contributed by atoms with van der Waals surface area (Å²) in [6.07, 6.45) is 1.77. The number of hydrogen-bond acceptors (Lipinski definition) is 5. The molecule has 6 nitrogen and oxygen atoms in total. The van der Waals surface area contributed by atoms with E-state index in [-0.39, 0.29) is 24.3 Å². The monoisotopic (exact) mass is 360 g/mol. The fourth-order valence-corrected chi connectivity index (χ4v) is 1.96. The van der Waals surface area contributed by atoms with Crippen LogP contribution in [0.15, 0.2) is 48.7 Å². The minimum atomic E-state index is -4.66. The van der Waals surface area contributed by atoms with Gasteiger partial charge in [-0.2, -0.15) is 27.9 Å². The molecule has 132 valence electrons. The lowest BCUT2D eigenvalue weighted by Crippen LogP contribution is -2.10. The number of benzene rings is 1. The van der Waals surface area contributed by atoms with Crippen LogP contribution >= 0.6 is 0 Å². The predicted molar refractivity (Wildman–Crippen MR) is 85.0 cm³/mol. The van der Waals surface area contributed by atoms with E-state index in [2.05, 4.69) is 21.0 Å². The second kappa shape index (κ2) is 7.14. The zero-order valence-corrected chi connectivity index (χ0v) is 13.1. The molecule has 0 aliphatic carbocycles. The van der Waals surface area contributed by atoms with Gasteiger partial charge in [0.25, 0.3) is 5.95 Å². The maximum atomic E-state index is 12.9. The zero-order chi connectivity index (χ0) is 18.6. The van der Waals surface area contributed by atoms with Crippen molar-refractivity contribution in [2.45, 2.75) is 6.18 Å². The first kappa shape index (κ1) is 17.3. The topological polar surface area (TPSA) is 62.1 Å². The number of halogens is 3. The van der Waals surface area contributed by atoms with Gasteiger partial charge in [0.1, 0.15) is 5.75 Å². The summed E-state index contributed by atoms with van der Waals surface area (Å²) in [5, 5.41) is 3.47. The highest BCUT2D eigenvalue weighted by Gasteiger charge is 2.36. The van der Waals surface area contributed by atoms with Gasteiger partial charge in [-0.15, -0.1) is 6.42 Å². The number of rotatable bonds is 5. The highest BCUT2D eigenvalue weighted by Crippen LogP contribution is 2.32. The van der Waals surface area contributed by atoms with E-state index < -0.39 is 11.9 Å². The van der Waals surface area contributed by atoms with E-state index in [1.807, 2.05) is 6.07 Å². The maximum Gasteiger partial charge on any atom is 0.435 e. The van der Waals surface area contributed by atoms with Crippen molar-refractivity contribution in [1.29, 1.82) is 0 Å². The van der Waals surface area contributed by atoms with E-state index in [4.69, 9.17) is 15.9 Å². The third-order valence-electron chi connectivity index (χ3n) is 3.04. The first-order chi connectivity index (χ1) is 12.5. The van der Waals surface area contributed by atoms with Crippen molar-refractivity contribution in [3.63, 3.8) is 0 Å². The van der Waals surface area contributed by atoms with Crippen LogP contribution in [0.3, 0.4) is 0 Å². The Bertz CT molecular complexity index is 933. The fourth-order valence-electron chi connectivity index (χ4n) is 1.96. The van der Waals surface area contributed by atoms with Crippen LogP contribution in [0.5, 0.6) is 17.5 Å². The lowest BCUT2D eigenvalue weighted by atomic mass is 10.3. The smallest absolute Gasteiger partial charge is 0.435 e. The molecule has 3 aromatic rings. The Morgan fingerprint density at radius 1 is 1.15 bits per heavy atom. The second-order valence-electron chi connectivity index (χ2n) is 4.88. The molecule has 0 saturated heterocycles. The van der Waals surface area contributed by atoms with Crippen LogP contribution in [-0.4, -0.2) is 26.4 Å². The molecule has 0 spiro atoms. The number of ether oxygens (including phenoxy) is 2. The number of hydrogen-bond donors (Lipinski definition) is 0. The molecule has 26 heavy (non-hydrogen) atoms. The van der Waals surface area contributed by atoms with Gasteiger partial charge in [-0.3, -0.25) is 0 Å². The Morgan fingerprint density at radius 3 is 2.62 bits per heavy atom. The Kier molecular flexibility index (Phi) is 4.75. The lowest BCUT2D eigenvalue weighted by molar-refractivity contribution is -0.141. The van der Waals surface area contributed by atoms with Crippen LogP contribution in [0.1, 0.15) is 5.69 Å². The van der Waals surface area contributed by atoms with E-state index in [0.717, 1.165) is 10.7 Å². The number of aromatic nitrogens is 4. The van der Waals surface area contributed by atoms with Gasteiger partial charge >= 0.3 is 6.18 Å². The second-order valence-corrected chi connectivity index (χ2v) is 4.88. The Balaban J connectivity index is 1.96. The van der Waals surface area contributed by atoms with Crippen molar-refractivity contribution >= 4 is 0 Å². The average molecular weight is 360 g/mol. The van der Waals surface area contributed by atoms with Crippen molar-refractivity contribution in [3.05, 3.63) is 54.4 Å². The molecular formula is C17H11F3N4O2. The van der Waals surface area contributed by atoms with E-state index >= 15 is 0 Å². The summed E-state index contributed by atoms with van der Waals surface area (Å²) in [4.78, 5) is 8.00. The summed E-state index contributed by atoms with van der Waals surface area (Å²) < 4.78 is 50.3. The highest BCUT2D eigenvalue weighted by molar-refractivity contribution is 5.30. The van der Waals surface area contributed by atoms with Crippen molar-refractivity contribution in [1.82, 2.24) is 19.7 Å². The predicted octanol–water partition coefficient (Wildman–Crippen LogP) is 3.49. The van der Waals surface area contributed by atoms with Crippen LogP contribution in [0.4, 0.5) is 13.2 Å². The van der Waals surface area contributed by atoms with Crippen LogP contribution in [-0.2, 0) is 6.18 Å². The molecule has 0 fully saturated rings. The van der Waals surface area contributed by atoms with E-state index in [0.29, 0.717) is 5.75 Å². The summed E-state index contributed by atoms with van der Waals surface area (Å²) in [6.45, 7) is -0.233. The molecular weight excluding hydrogens is 349 g/mol. The summed E-state index contributed by atoms with van der Waals surface area (Å²) in [5.41, 5.74) is -1.15. The number of terminal acetylenes is 1. The van der Waals surface area contributed by atoms with Crippen molar-refractivity contribution in [3.8, 4) is 35.8 Å². The lowest BCUT2D eigenvalue weighted by Gasteiger charge is -2.08. The highest BCUT2D eigenvalue weighted by atomic mass is 19.4. The Hall–Kier alpha value is -3.54. The van der Waals surface area contributed by atoms with Crippen molar-refractivity contribution in [2.75, 3.05) is 6.61 Å². The molecule has 0 saturated carbocycles. The van der Waals surface area contributed by atoms with E-state index in [1.165, 1.54) is 12.3 Å². The molecule has 0 amide bonds. The first-order valence-electron chi connectivity index (χ1n) is 7.27. The minimum absolute atomic E-state index is 0.133. The van der Waals surface area contributed by atoms with E-state index in [1.54, 1.807) is 24.3 Å². The minimum Gasteiger partial charge on any atom is -0.464 e. The van der Waals surface area contributed by atoms with Crippen molar-refractivity contribution < 1.29 is 22.6 Å². The average Bonchev–Trinajstić information content (AvgIpc) is 3.06. The van der Waals surface area contributed by atoms with Gasteiger partial charge in [0.2, 0.25) is 11.8 Å². The largest absolute Gasteiger partial charge is 0.464 e. The molecule has 2 heterocycles. The quantitative estimate of drug-likeness (QED) is 0.652. The number of alkyl halides is 3.